The number of ether oxygens (including phenoxy) is 1. The molecule has 1 atom stereocenters. The molecular weight excluding hydrogens is 151 g/mol. The van der Waals surface area contributed by atoms with Crippen molar-refractivity contribution in [2.24, 2.45) is 0 Å². The van der Waals surface area contributed by atoms with Gasteiger partial charge in [0.1, 0.15) is 0 Å². The fraction of sp³-hybridized carbons (Fsp3) is 0.857. The third-order valence-electron chi connectivity index (χ3n) is 1.81. The predicted octanol–water partition coefficient (Wildman–Crippen LogP) is 1.33. The van der Waals surface area contributed by atoms with E-state index < -0.39 is 12.3 Å². The van der Waals surface area contributed by atoms with Crippen LogP contribution in [-0.4, -0.2) is 23.5 Å². The van der Waals surface area contributed by atoms with Crippen LogP contribution >= 0.6 is 0 Å². The first-order valence-electron chi connectivity index (χ1n) is 3.72. The van der Waals surface area contributed by atoms with E-state index >= 15 is 0 Å². The van der Waals surface area contributed by atoms with E-state index in [0.717, 1.165) is 25.7 Å². The number of rotatable bonds is 3. The van der Waals surface area contributed by atoms with Crippen LogP contribution in [0.4, 0.5) is 4.39 Å². The van der Waals surface area contributed by atoms with E-state index in [-0.39, 0.29) is 6.10 Å². The van der Waals surface area contributed by atoms with E-state index in [2.05, 4.69) is 4.74 Å². The Labute approximate surface area is 64.2 Å². The summed E-state index contributed by atoms with van der Waals surface area (Å²) in [6.07, 6.45) is 1.27. The molecule has 1 fully saturated rings. The molecule has 0 aromatic heterocycles. The Morgan fingerprint density at radius 3 is 2.55 bits per heavy atom. The van der Waals surface area contributed by atoms with E-state index in [1.54, 1.807) is 0 Å². The first kappa shape index (κ1) is 8.46. The zero-order valence-corrected chi connectivity index (χ0v) is 6.12. The largest absolute Gasteiger partial charge is 0.477 e. The van der Waals surface area contributed by atoms with Crippen LogP contribution in [0, 0.1) is 0 Å². The van der Waals surface area contributed by atoms with E-state index in [9.17, 15) is 9.18 Å². The van der Waals surface area contributed by atoms with Crippen LogP contribution in [-0.2, 0) is 9.53 Å². The third kappa shape index (κ3) is 2.46. The molecule has 1 rings (SSSR count). The van der Waals surface area contributed by atoms with Gasteiger partial charge in [-0.1, -0.05) is 12.8 Å². The summed E-state index contributed by atoms with van der Waals surface area (Å²) in [6.45, 7) is 0. The number of halogens is 1. The van der Waals surface area contributed by atoms with Gasteiger partial charge in [-0.05, 0) is 12.8 Å². The third-order valence-corrected chi connectivity index (χ3v) is 1.81. The maximum absolute atomic E-state index is 12.4. The molecule has 0 bridgehead atoms. The summed E-state index contributed by atoms with van der Waals surface area (Å²) in [5, 5.41) is 8.14. The van der Waals surface area contributed by atoms with Gasteiger partial charge in [0, 0.05) is 0 Å². The lowest BCUT2D eigenvalue weighted by Gasteiger charge is -2.11. The van der Waals surface area contributed by atoms with Crippen LogP contribution in [0.5, 0.6) is 0 Å². The zero-order valence-electron chi connectivity index (χ0n) is 6.12. The second-order valence-corrected chi connectivity index (χ2v) is 2.70. The molecule has 0 heterocycles. The topological polar surface area (TPSA) is 46.5 Å². The first-order chi connectivity index (χ1) is 5.20. The number of alkyl halides is 1. The molecule has 1 aliphatic rings. The SMILES string of the molecule is O=C(O)C(F)OC1CCCC1. The van der Waals surface area contributed by atoms with Crippen molar-refractivity contribution < 1.29 is 19.0 Å². The lowest BCUT2D eigenvalue weighted by Crippen LogP contribution is -2.23. The van der Waals surface area contributed by atoms with Crippen molar-refractivity contribution in [2.45, 2.75) is 38.1 Å². The van der Waals surface area contributed by atoms with Crippen LogP contribution < -0.4 is 0 Å². The van der Waals surface area contributed by atoms with Crippen LogP contribution in [0.15, 0.2) is 0 Å². The van der Waals surface area contributed by atoms with E-state index in [1.807, 2.05) is 0 Å². The fourth-order valence-electron chi connectivity index (χ4n) is 1.25. The van der Waals surface area contributed by atoms with Crippen molar-refractivity contribution >= 4 is 5.97 Å². The minimum atomic E-state index is -2.14. The van der Waals surface area contributed by atoms with Crippen LogP contribution in [0.2, 0.25) is 0 Å². The number of carboxylic acid groups (broad SMARTS) is 1. The second-order valence-electron chi connectivity index (χ2n) is 2.70. The Bertz CT molecular complexity index is 143. The number of aliphatic carboxylic acids is 1. The number of carbonyl (C=O) groups is 1. The molecule has 0 aromatic carbocycles. The Morgan fingerprint density at radius 1 is 1.55 bits per heavy atom. The van der Waals surface area contributed by atoms with Crippen LogP contribution in [0.3, 0.4) is 0 Å². The average Bonchev–Trinajstić information content (AvgIpc) is 2.39. The number of hydrogen-bond donors (Lipinski definition) is 1. The molecule has 0 aliphatic heterocycles. The van der Waals surface area contributed by atoms with Gasteiger partial charge in [0.25, 0.3) is 6.36 Å². The molecule has 64 valence electrons. The van der Waals surface area contributed by atoms with Gasteiger partial charge in [-0.15, -0.1) is 0 Å². The molecule has 1 N–H and O–H groups in total. The number of hydrogen-bond acceptors (Lipinski definition) is 2. The smallest absolute Gasteiger partial charge is 0.366 e. The first-order valence-corrected chi connectivity index (χ1v) is 3.72. The van der Waals surface area contributed by atoms with E-state index in [0.29, 0.717) is 0 Å². The molecule has 1 unspecified atom stereocenters. The summed E-state index contributed by atoms with van der Waals surface area (Å²) in [5.41, 5.74) is 0. The summed E-state index contributed by atoms with van der Waals surface area (Å²) in [6, 6.07) is 0. The van der Waals surface area contributed by atoms with E-state index in [1.165, 1.54) is 0 Å². The highest BCUT2D eigenvalue weighted by Gasteiger charge is 2.24. The molecule has 1 aliphatic carbocycles. The summed E-state index contributed by atoms with van der Waals surface area (Å²) >= 11 is 0. The summed E-state index contributed by atoms with van der Waals surface area (Å²) < 4.78 is 17.0. The maximum Gasteiger partial charge on any atom is 0.366 e. The Kier molecular flexibility index (Phi) is 2.82. The quantitative estimate of drug-likeness (QED) is 0.680. The van der Waals surface area contributed by atoms with Crippen molar-refractivity contribution in [2.75, 3.05) is 0 Å². The van der Waals surface area contributed by atoms with Gasteiger partial charge >= 0.3 is 5.97 Å². The number of carboxylic acids is 1. The lowest BCUT2D eigenvalue weighted by atomic mass is 10.3. The molecule has 11 heavy (non-hydrogen) atoms. The highest BCUT2D eigenvalue weighted by molar-refractivity contribution is 5.70. The Hall–Kier alpha value is -0.640. The predicted molar refractivity (Wildman–Crippen MR) is 35.9 cm³/mol. The van der Waals surface area contributed by atoms with Crippen LogP contribution in [0.25, 0.3) is 0 Å². The zero-order chi connectivity index (χ0) is 8.27. The van der Waals surface area contributed by atoms with Crippen molar-refractivity contribution in [3.63, 3.8) is 0 Å². The van der Waals surface area contributed by atoms with Crippen molar-refractivity contribution in [1.82, 2.24) is 0 Å². The summed E-state index contributed by atoms with van der Waals surface area (Å²) in [7, 11) is 0. The van der Waals surface area contributed by atoms with Gasteiger partial charge in [-0.3, -0.25) is 0 Å². The van der Waals surface area contributed by atoms with Gasteiger partial charge in [0.15, 0.2) is 0 Å². The fourth-order valence-corrected chi connectivity index (χ4v) is 1.25. The van der Waals surface area contributed by atoms with Crippen molar-refractivity contribution in [1.29, 1.82) is 0 Å². The molecule has 1 saturated carbocycles. The molecule has 0 saturated heterocycles. The normalized spacial score (nSPS) is 21.9. The van der Waals surface area contributed by atoms with E-state index in [4.69, 9.17) is 5.11 Å². The van der Waals surface area contributed by atoms with Gasteiger partial charge in [0.2, 0.25) is 0 Å². The summed E-state index contributed by atoms with van der Waals surface area (Å²) in [5.74, 6) is -1.53. The minimum Gasteiger partial charge on any atom is -0.477 e. The molecule has 4 heteroatoms. The Morgan fingerprint density at radius 2 is 2.09 bits per heavy atom. The Balaban J connectivity index is 2.23. The van der Waals surface area contributed by atoms with Gasteiger partial charge in [0.05, 0.1) is 6.10 Å². The van der Waals surface area contributed by atoms with Gasteiger partial charge < -0.3 is 9.84 Å². The molecular formula is C7H11FO3. The molecule has 0 aromatic rings. The van der Waals surface area contributed by atoms with Crippen molar-refractivity contribution in [3.05, 3.63) is 0 Å². The van der Waals surface area contributed by atoms with Crippen molar-refractivity contribution in [3.8, 4) is 0 Å². The van der Waals surface area contributed by atoms with Crippen LogP contribution in [0.1, 0.15) is 25.7 Å². The molecule has 0 amide bonds. The summed E-state index contributed by atoms with van der Waals surface area (Å²) in [4.78, 5) is 9.99. The lowest BCUT2D eigenvalue weighted by molar-refractivity contribution is -0.169. The standard InChI is InChI=1S/C7H11FO3/c8-6(7(9)10)11-5-3-1-2-4-5/h5-6H,1-4H2,(H,9,10). The monoisotopic (exact) mass is 162 g/mol. The molecule has 3 nitrogen and oxygen atoms in total. The highest BCUT2D eigenvalue weighted by Crippen LogP contribution is 2.22. The molecule has 0 radical (unpaired) electrons. The van der Waals surface area contributed by atoms with Gasteiger partial charge in [-0.2, -0.15) is 0 Å². The molecule has 0 spiro atoms. The van der Waals surface area contributed by atoms with Gasteiger partial charge in [-0.25, -0.2) is 9.18 Å². The minimum absolute atomic E-state index is 0.180. The highest BCUT2D eigenvalue weighted by atomic mass is 19.1. The second kappa shape index (κ2) is 3.67. The maximum atomic E-state index is 12.4. The average molecular weight is 162 g/mol.